The van der Waals surface area contributed by atoms with Gasteiger partial charge in [0.1, 0.15) is 11.4 Å². The van der Waals surface area contributed by atoms with Gasteiger partial charge in [-0.2, -0.15) is 0 Å². The van der Waals surface area contributed by atoms with Gasteiger partial charge in [0.2, 0.25) is 0 Å². The summed E-state index contributed by atoms with van der Waals surface area (Å²) in [6, 6.07) is 5.54. The molecule has 2 N–H and O–H groups in total. The molecule has 4 rings (SSSR count). The van der Waals surface area contributed by atoms with E-state index in [0.29, 0.717) is 31.7 Å². The lowest BCUT2D eigenvalue weighted by molar-refractivity contribution is -0.124. The maximum atomic E-state index is 12.9. The van der Waals surface area contributed by atoms with Crippen LogP contribution in [0.1, 0.15) is 35.4 Å². The summed E-state index contributed by atoms with van der Waals surface area (Å²) in [7, 11) is 0. The maximum absolute atomic E-state index is 12.9. The zero-order valence-electron chi connectivity index (χ0n) is 13.2. The Morgan fingerprint density at radius 2 is 2.39 bits per heavy atom. The summed E-state index contributed by atoms with van der Waals surface area (Å²) in [5.74, 6) is 0.824. The van der Waals surface area contributed by atoms with Crippen LogP contribution in [0.5, 0.6) is 0 Å². The van der Waals surface area contributed by atoms with Gasteiger partial charge in [0.25, 0.3) is 5.91 Å². The first kappa shape index (κ1) is 14.7. The summed E-state index contributed by atoms with van der Waals surface area (Å²) in [6.45, 7) is 3.59. The molecule has 2 fully saturated rings. The number of fused-ring (bicyclic) bond motifs is 1. The molecule has 1 aromatic carbocycles. The number of aryl methyl sites for hydroxylation is 1. The number of H-pyrrole nitrogens is 1. The molecule has 0 saturated carbocycles. The Bertz CT molecular complexity index is 749. The van der Waals surface area contributed by atoms with E-state index in [2.05, 4.69) is 9.97 Å². The number of ether oxygens (including phenoxy) is 1. The van der Waals surface area contributed by atoms with Crippen molar-refractivity contribution in [3.05, 3.63) is 29.6 Å². The lowest BCUT2D eigenvalue weighted by Gasteiger charge is -2.43. The number of benzene rings is 1. The van der Waals surface area contributed by atoms with E-state index in [1.807, 2.05) is 30.0 Å². The highest BCUT2D eigenvalue weighted by Crippen LogP contribution is 2.35. The average molecular weight is 315 g/mol. The highest BCUT2D eigenvalue weighted by atomic mass is 16.5. The Labute approximate surface area is 134 Å². The van der Waals surface area contributed by atoms with Crippen LogP contribution in [0.2, 0.25) is 0 Å². The predicted octanol–water partition coefficient (Wildman–Crippen LogP) is 1.63. The quantitative estimate of drug-likeness (QED) is 0.838. The van der Waals surface area contributed by atoms with Gasteiger partial charge in [0.15, 0.2) is 0 Å². The van der Waals surface area contributed by atoms with Crippen LogP contribution < -0.4 is 0 Å². The molecule has 6 nitrogen and oxygen atoms in total. The number of likely N-dealkylation sites (tertiary alicyclic amines) is 1. The number of carbonyl (C=O) groups excluding carboxylic acids is 1. The summed E-state index contributed by atoms with van der Waals surface area (Å²) < 4.78 is 5.82. The zero-order valence-corrected chi connectivity index (χ0v) is 13.2. The molecular weight excluding hydrogens is 294 g/mol. The van der Waals surface area contributed by atoms with Crippen LogP contribution in [-0.2, 0) is 4.74 Å². The fourth-order valence-electron chi connectivity index (χ4n) is 3.78. The number of aromatic nitrogens is 2. The van der Waals surface area contributed by atoms with Gasteiger partial charge in [-0.1, -0.05) is 0 Å². The fraction of sp³-hybridized carbons (Fsp3) is 0.529. The summed E-state index contributed by atoms with van der Waals surface area (Å²) in [4.78, 5) is 22.2. The smallest absolute Gasteiger partial charge is 0.254 e. The minimum absolute atomic E-state index is 0.0130. The molecule has 3 heterocycles. The standard InChI is InChI=1S/C17H21N3O3/c1-11-18-13-4-3-12(9-14(13)19-11)16(22)20-7-5-15(21)17(10-20)6-2-8-23-17/h3-4,9,15,21H,2,5-8,10H2,1H3,(H,18,19)/t15-,17-/m0/s1. The summed E-state index contributed by atoms with van der Waals surface area (Å²) in [5, 5.41) is 10.3. The topological polar surface area (TPSA) is 78.5 Å². The molecule has 1 aromatic heterocycles. The molecular formula is C17H21N3O3. The van der Waals surface area contributed by atoms with Crippen molar-refractivity contribution in [2.75, 3.05) is 19.7 Å². The Morgan fingerprint density at radius 1 is 1.52 bits per heavy atom. The van der Waals surface area contributed by atoms with E-state index in [1.54, 1.807) is 0 Å². The number of imidazole rings is 1. The molecule has 1 amide bonds. The number of rotatable bonds is 1. The third kappa shape index (κ3) is 2.42. The van der Waals surface area contributed by atoms with Crippen molar-refractivity contribution in [3.63, 3.8) is 0 Å². The molecule has 2 aliphatic rings. The minimum atomic E-state index is -0.567. The van der Waals surface area contributed by atoms with Crippen LogP contribution >= 0.6 is 0 Å². The number of aliphatic hydroxyl groups excluding tert-OH is 1. The minimum Gasteiger partial charge on any atom is -0.390 e. The third-order valence-electron chi connectivity index (χ3n) is 5.01. The van der Waals surface area contributed by atoms with Crippen LogP contribution in [0, 0.1) is 6.92 Å². The maximum Gasteiger partial charge on any atom is 0.254 e. The molecule has 0 unspecified atom stereocenters. The largest absolute Gasteiger partial charge is 0.390 e. The molecule has 2 saturated heterocycles. The summed E-state index contributed by atoms with van der Waals surface area (Å²) in [6.07, 6.45) is 1.85. The molecule has 2 aromatic rings. The van der Waals surface area contributed by atoms with Crippen molar-refractivity contribution >= 4 is 16.9 Å². The van der Waals surface area contributed by atoms with Crippen molar-refractivity contribution in [2.24, 2.45) is 0 Å². The number of hydrogen-bond donors (Lipinski definition) is 2. The van der Waals surface area contributed by atoms with Gasteiger partial charge in [-0.25, -0.2) is 4.98 Å². The summed E-state index contributed by atoms with van der Waals surface area (Å²) in [5.41, 5.74) is 1.81. The second-order valence-corrected chi connectivity index (χ2v) is 6.60. The van der Waals surface area contributed by atoms with Gasteiger partial charge in [0, 0.05) is 18.7 Å². The van der Waals surface area contributed by atoms with Gasteiger partial charge in [0.05, 0.1) is 23.7 Å². The number of nitrogens with zero attached hydrogens (tertiary/aromatic N) is 2. The SMILES string of the molecule is Cc1nc2ccc(C(=O)N3CC[C@H](O)[C@]4(CCCO4)C3)cc2[nH]1. The molecule has 2 aliphatic heterocycles. The van der Waals surface area contributed by atoms with Crippen molar-refractivity contribution in [3.8, 4) is 0 Å². The van der Waals surface area contributed by atoms with Gasteiger partial charge in [-0.15, -0.1) is 0 Å². The van der Waals surface area contributed by atoms with E-state index in [9.17, 15) is 9.90 Å². The van der Waals surface area contributed by atoms with Crippen molar-refractivity contribution in [1.29, 1.82) is 0 Å². The number of hydrogen-bond acceptors (Lipinski definition) is 4. The van der Waals surface area contributed by atoms with Gasteiger partial charge in [-0.3, -0.25) is 4.79 Å². The Morgan fingerprint density at radius 3 is 3.17 bits per heavy atom. The number of amides is 1. The fourth-order valence-corrected chi connectivity index (χ4v) is 3.78. The second-order valence-electron chi connectivity index (χ2n) is 6.60. The van der Waals surface area contributed by atoms with E-state index in [4.69, 9.17) is 4.74 Å². The molecule has 0 radical (unpaired) electrons. The van der Waals surface area contributed by atoms with Gasteiger partial charge < -0.3 is 19.7 Å². The molecule has 0 aliphatic carbocycles. The van der Waals surface area contributed by atoms with Crippen LogP contribution in [0.4, 0.5) is 0 Å². The van der Waals surface area contributed by atoms with Crippen molar-refractivity contribution in [2.45, 2.75) is 37.9 Å². The Kier molecular flexibility index (Phi) is 3.39. The van der Waals surface area contributed by atoms with E-state index < -0.39 is 11.7 Å². The zero-order chi connectivity index (χ0) is 16.0. The third-order valence-corrected chi connectivity index (χ3v) is 5.01. The van der Waals surface area contributed by atoms with Crippen LogP contribution in [0.3, 0.4) is 0 Å². The monoisotopic (exact) mass is 315 g/mol. The predicted molar refractivity (Wildman–Crippen MR) is 85.3 cm³/mol. The molecule has 6 heteroatoms. The van der Waals surface area contributed by atoms with E-state index >= 15 is 0 Å². The van der Waals surface area contributed by atoms with Crippen LogP contribution in [0.15, 0.2) is 18.2 Å². The number of aromatic amines is 1. The summed E-state index contributed by atoms with van der Waals surface area (Å²) >= 11 is 0. The molecule has 2 atom stereocenters. The number of carbonyl (C=O) groups is 1. The van der Waals surface area contributed by atoms with Crippen molar-refractivity contribution < 1.29 is 14.6 Å². The molecule has 122 valence electrons. The molecule has 0 bridgehead atoms. The number of nitrogens with one attached hydrogen (secondary N) is 1. The average Bonchev–Trinajstić information content (AvgIpc) is 3.15. The van der Waals surface area contributed by atoms with E-state index in [-0.39, 0.29) is 5.91 Å². The van der Waals surface area contributed by atoms with Crippen molar-refractivity contribution in [1.82, 2.24) is 14.9 Å². The second kappa shape index (κ2) is 5.32. The first-order chi connectivity index (χ1) is 11.1. The lowest BCUT2D eigenvalue weighted by Crippen LogP contribution is -2.57. The highest BCUT2D eigenvalue weighted by Gasteiger charge is 2.47. The van der Waals surface area contributed by atoms with Gasteiger partial charge in [-0.05, 0) is 44.4 Å². The lowest BCUT2D eigenvalue weighted by atomic mass is 9.87. The van der Waals surface area contributed by atoms with E-state index in [1.165, 1.54) is 0 Å². The molecule has 23 heavy (non-hydrogen) atoms. The van der Waals surface area contributed by atoms with Crippen LogP contribution in [0.25, 0.3) is 11.0 Å². The van der Waals surface area contributed by atoms with E-state index in [0.717, 1.165) is 29.7 Å². The number of piperidine rings is 1. The Hall–Kier alpha value is -1.92. The number of aliphatic hydroxyl groups is 1. The van der Waals surface area contributed by atoms with Gasteiger partial charge >= 0.3 is 0 Å². The van der Waals surface area contributed by atoms with Crippen LogP contribution in [-0.4, -0.2) is 57.3 Å². The first-order valence-corrected chi connectivity index (χ1v) is 8.15. The highest BCUT2D eigenvalue weighted by molar-refractivity contribution is 5.97. The normalized spacial score (nSPS) is 27.9. The Balaban J connectivity index is 1.59. The first-order valence-electron chi connectivity index (χ1n) is 8.15. The molecule has 1 spiro atoms.